The summed E-state index contributed by atoms with van der Waals surface area (Å²) in [5, 5.41) is 23.3. The highest BCUT2D eigenvalue weighted by atomic mass is 35.5. The average molecular weight is 431 g/mol. The van der Waals surface area contributed by atoms with Gasteiger partial charge in [-0.05, 0) is 94.7 Å². The lowest BCUT2D eigenvalue weighted by molar-refractivity contribution is 0.281. The largest absolute Gasteiger partial charge is 0.392 e. The highest BCUT2D eigenvalue weighted by Crippen LogP contribution is 2.11. The summed E-state index contributed by atoms with van der Waals surface area (Å²) >= 11 is 0. The Morgan fingerprint density at radius 2 is 0.966 bits per heavy atom. The van der Waals surface area contributed by atoms with Crippen molar-refractivity contribution in [3.63, 3.8) is 0 Å². The predicted octanol–water partition coefficient (Wildman–Crippen LogP) is 0.437. The second-order valence-electron chi connectivity index (χ2n) is 7.16. The van der Waals surface area contributed by atoms with Crippen molar-refractivity contribution in [1.29, 1.82) is 0 Å². The lowest BCUT2D eigenvalue weighted by atomic mass is 10.1. The Morgan fingerprint density at radius 3 is 1.38 bits per heavy atom. The van der Waals surface area contributed by atoms with E-state index in [-0.39, 0.29) is 19.0 Å². The summed E-state index contributed by atoms with van der Waals surface area (Å²) in [5.41, 5.74) is 14.4. The molecular weight excluding hydrogens is 388 g/mol. The van der Waals surface area contributed by atoms with Crippen LogP contribution in [0.1, 0.15) is 42.4 Å². The molecule has 1 aromatic carbocycles. The van der Waals surface area contributed by atoms with E-state index in [1.54, 1.807) is 0 Å². The van der Waals surface area contributed by atoms with E-state index in [4.69, 9.17) is 11.5 Å². The molecule has 0 heterocycles. The average Bonchev–Trinajstić information content (AvgIpc) is 2.71. The van der Waals surface area contributed by atoms with E-state index in [9.17, 15) is 5.11 Å². The topological polar surface area (TPSA) is 120 Å². The summed E-state index contributed by atoms with van der Waals surface area (Å²) in [6, 6.07) is 6.38. The van der Waals surface area contributed by atoms with Crippen LogP contribution in [0.4, 0.5) is 0 Å². The standard InChI is InChI=1S/C21H42N6O.ClH/c22-5-1-7-24-9-3-11-26-16-19-13-20(15-21(14-19)18-28)17-27-12-4-10-25-8-2-6-23;/h13-15,24-28H,1-12,16-18,22-23H2;1H. The maximum absolute atomic E-state index is 9.54. The van der Waals surface area contributed by atoms with Gasteiger partial charge in [0, 0.05) is 13.1 Å². The molecule has 0 radical (unpaired) electrons. The number of benzene rings is 1. The Bertz CT molecular complexity index is 454. The maximum atomic E-state index is 9.54. The summed E-state index contributed by atoms with van der Waals surface area (Å²) in [7, 11) is 0. The first-order valence-corrected chi connectivity index (χ1v) is 10.8. The third kappa shape index (κ3) is 15.7. The molecule has 1 aromatic rings. The minimum Gasteiger partial charge on any atom is -0.392 e. The van der Waals surface area contributed by atoms with Gasteiger partial charge in [0.15, 0.2) is 0 Å². The molecule has 9 N–H and O–H groups in total. The van der Waals surface area contributed by atoms with Crippen LogP contribution in [0.5, 0.6) is 0 Å². The van der Waals surface area contributed by atoms with E-state index in [1.807, 2.05) is 0 Å². The molecule has 0 bridgehead atoms. The van der Waals surface area contributed by atoms with Gasteiger partial charge in [-0.1, -0.05) is 18.2 Å². The van der Waals surface area contributed by atoms with Crippen LogP contribution in [0.15, 0.2) is 18.2 Å². The Morgan fingerprint density at radius 1 is 0.586 bits per heavy atom. The van der Waals surface area contributed by atoms with E-state index in [0.717, 1.165) is 96.7 Å². The summed E-state index contributed by atoms with van der Waals surface area (Å²) in [5.74, 6) is 0. The molecule has 0 fully saturated rings. The molecule has 0 aromatic heterocycles. The third-order valence-corrected chi connectivity index (χ3v) is 4.48. The molecule has 0 aliphatic carbocycles. The number of aliphatic hydroxyl groups excluding tert-OH is 1. The molecule has 7 nitrogen and oxygen atoms in total. The van der Waals surface area contributed by atoms with Gasteiger partial charge >= 0.3 is 0 Å². The monoisotopic (exact) mass is 430 g/mol. The molecule has 0 aliphatic rings. The maximum Gasteiger partial charge on any atom is 0.0682 e. The zero-order valence-corrected chi connectivity index (χ0v) is 18.7. The number of halogens is 1. The zero-order valence-electron chi connectivity index (χ0n) is 17.8. The molecule has 0 amide bonds. The Hall–Kier alpha value is -0.770. The van der Waals surface area contributed by atoms with E-state index in [0.29, 0.717) is 0 Å². The lowest BCUT2D eigenvalue weighted by Crippen LogP contribution is -2.24. The number of nitrogens with two attached hydrogens (primary N) is 2. The second-order valence-corrected chi connectivity index (χ2v) is 7.16. The molecule has 0 aliphatic heterocycles. The molecule has 170 valence electrons. The second kappa shape index (κ2) is 20.5. The molecule has 29 heavy (non-hydrogen) atoms. The van der Waals surface area contributed by atoms with Gasteiger partial charge in [0.1, 0.15) is 0 Å². The molecule has 0 saturated heterocycles. The minimum absolute atomic E-state index is 0. The number of rotatable bonds is 19. The normalized spacial score (nSPS) is 10.9. The van der Waals surface area contributed by atoms with Crippen LogP contribution < -0.4 is 32.7 Å². The van der Waals surface area contributed by atoms with Gasteiger partial charge < -0.3 is 37.8 Å². The van der Waals surface area contributed by atoms with Crippen LogP contribution in [0.3, 0.4) is 0 Å². The van der Waals surface area contributed by atoms with Crippen LogP contribution in [0, 0.1) is 0 Å². The molecule has 8 heteroatoms. The molecule has 0 unspecified atom stereocenters. The number of aliphatic hydroxyl groups is 1. The van der Waals surface area contributed by atoms with Crippen LogP contribution in [-0.2, 0) is 19.7 Å². The van der Waals surface area contributed by atoms with Crippen LogP contribution >= 0.6 is 12.4 Å². The third-order valence-electron chi connectivity index (χ3n) is 4.48. The van der Waals surface area contributed by atoms with Crippen molar-refractivity contribution in [2.75, 3.05) is 52.4 Å². The van der Waals surface area contributed by atoms with Crippen LogP contribution in [-0.4, -0.2) is 57.5 Å². The summed E-state index contributed by atoms with van der Waals surface area (Å²) in [6.45, 7) is 9.20. The van der Waals surface area contributed by atoms with Gasteiger partial charge in [-0.3, -0.25) is 0 Å². The molecular formula is C21H43ClN6O. The Labute approximate surface area is 183 Å². The van der Waals surface area contributed by atoms with Gasteiger partial charge in [-0.2, -0.15) is 0 Å². The van der Waals surface area contributed by atoms with Gasteiger partial charge in [0.25, 0.3) is 0 Å². The summed E-state index contributed by atoms with van der Waals surface area (Å²) in [6.07, 6.45) is 4.25. The minimum atomic E-state index is 0. The summed E-state index contributed by atoms with van der Waals surface area (Å²) in [4.78, 5) is 0. The predicted molar refractivity (Wildman–Crippen MR) is 125 cm³/mol. The Kier molecular flexibility index (Phi) is 20.0. The number of nitrogens with one attached hydrogen (secondary N) is 4. The van der Waals surface area contributed by atoms with E-state index >= 15 is 0 Å². The van der Waals surface area contributed by atoms with Gasteiger partial charge in [0.05, 0.1) is 6.61 Å². The van der Waals surface area contributed by atoms with Gasteiger partial charge in [-0.15, -0.1) is 12.4 Å². The Balaban J connectivity index is 0.00000784. The van der Waals surface area contributed by atoms with Crippen molar-refractivity contribution in [2.45, 2.75) is 45.4 Å². The van der Waals surface area contributed by atoms with E-state index in [2.05, 4.69) is 39.5 Å². The zero-order chi connectivity index (χ0) is 20.3. The van der Waals surface area contributed by atoms with Crippen molar-refractivity contribution in [3.05, 3.63) is 34.9 Å². The smallest absolute Gasteiger partial charge is 0.0682 e. The molecule has 1 rings (SSSR count). The lowest BCUT2D eigenvalue weighted by Gasteiger charge is -2.11. The van der Waals surface area contributed by atoms with Crippen molar-refractivity contribution in [3.8, 4) is 0 Å². The number of hydrogen-bond acceptors (Lipinski definition) is 7. The molecule has 0 spiro atoms. The molecule has 0 saturated carbocycles. The first kappa shape index (κ1) is 28.2. The first-order chi connectivity index (χ1) is 13.8. The fourth-order valence-corrected chi connectivity index (χ4v) is 2.98. The van der Waals surface area contributed by atoms with E-state index < -0.39 is 0 Å². The fourth-order valence-electron chi connectivity index (χ4n) is 2.98. The van der Waals surface area contributed by atoms with Gasteiger partial charge in [0.2, 0.25) is 0 Å². The van der Waals surface area contributed by atoms with Crippen molar-refractivity contribution in [2.24, 2.45) is 11.5 Å². The van der Waals surface area contributed by atoms with Crippen molar-refractivity contribution < 1.29 is 5.11 Å². The fraction of sp³-hybridized carbons (Fsp3) is 0.714. The molecule has 0 atom stereocenters. The van der Waals surface area contributed by atoms with Gasteiger partial charge in [-0.25, -0.2) is 0 Å². The number of hydrogen-bond donors (Lipinski definition) is 7. The highest BCUT2D eigenvalue weighted by Gasteiger charge is 2.01. The van der Waals surface area contributed by atoms with Crippen molar-refractivity contribution in [1.82, 2.24) is 21.3 Å². The highest BCUT2D eigenvalue weighted by molar-refractivity contribution is 5.85. The van der Waals surface area contributed by atoms with Crippen LogP contribution in [0.2, 0.25) is 0 Å². The SMILES string of the molecule is Cl.NCCCNCCCNCc1cc(CO)cc(CNCCCNCCCN)c1. The quantitative estimate of drug-likeness (QED) is 0.159. The first-order valence-electron chi connectivity index (χ1n) is 10.8. The van der Waals surface area contributed by atoms with Crippen LogP contribution in [0.25, 0.3) is 0 Å². The van der Waals surface area contributed by atoms with E-state index in [1.165, 1.54) is 11.1 Å². The summed E-state index contributed by atoms with van der Waals surface area (Å²) < 4.78 is 0. The van der Waals surface area contributed by atoms with Crippen molar-refractivity contribution >= 4 is 12.4 Å².